The second kappa shape index (κ2) is 11.3. The third-order valence-electron chi connectivity index (χ3n) is 6.69. The standard InChI is InChI=1S/C26H29F3N4O5S/c1-3-32(4-2)39(36,37)20-10-7-17(8-11-20)30-25(35)38-16-19-6-5-13-33(19)18-9-12-23-21(14-18)22(26(27,28)29)15-24(34)31-23/h7-12,14-15,19H,3-6,13,16H2,1-2H3,(H,30,35)(H,31,34)/t19-/m1/s1. The third kappa shape index (κ3) is 6.19. The van der Waals surface area contributed by atoms with Gasteiger partial charge in [0, 0.05) is 48.0 Å². The molecule has 0 radical (unpaired) electrons. The summed E-state index contributed by atoms with van der Waals surface area (Å²) in [6, 6.07) is 10.5. The van der Waals surface area contributed by atoms with Crippen molar-refractivity contribution in [2.24, 2.45) is 0 Å². The fourth-order valence-electron chi connectivity index (χ4n) is 4.75. The number of carbonyl (C=O) groups excluding carboxylic acids is 1. The van der Waals surface area contributed by atoms with E-state index >= 15 is 0 Å². The van der Waals surface area contributed by atoms with Crippen LogP contribution in [-0.2, 0) is 20.9 Å². The number of pyridine rings is 1. The number of fused-ring (bicyclic) bond motifs is 1. The quantitative estimate of drug-likeness (QED) is 0.406. The zero-order valence-corrected chi connectivity index (χ0v) is 22.2. The van der Waals surface area contributed by atoms with Crippen molar-refractivity contribution in [2.45, 2.75) is 43.8 Å². The Balaban J connectivity index is 1.42. The maximum absolute atomic E-state index is 13.6. The first-order chi connectivity index (χ1) is 18.4. The number of amides is 1. The Labute approximate surface area is 223 Å². The molecule has 2 aromatic carbocycles. The van der Waals surface area contributed by atoms with Gasteiger partial charge in [0.1, 0.15) is 6.61 Å². The predicted molar refractivity (Wildman–Crippen MR) is 141 cm³/mol. The van der Waals surface area contributed by atoms with E-state index in [1.165, 1.54) is 40.7 Å². The van der Waals surface area contributed by atoms with Crippen molar-refractivity contribution >= 4 is 38.4 Å². The van der Waals surface area contributed by atoms with Crippen LogP contribution in [0.5, 0.6) is 0 Å². The van der Waals surface area contributed by atoms with E-state index in [1.54, 1.807) is 19.9 Å². The zero-order chi connectivity index (χ0) is 28.4. The number of benzene rings is 2. The summed E-state index contributed by atoms with van der Waals surface area (Å²) in [5.74, 6) is 0. The Morgan fingerprint density at radius 2 is 1.82 bits per heavy atom. The number of rotatable bonds is 8. The number of ether oxygens (including phenoxy) is 1. The Bertz CT molecular complexity index is 1500. The van der Waals surface area contributed by atoms with Gasteiger partial charge in [-0.2, -0.15) is 17.5 Å². The van der Waals surface area contributed by atoms with Crippen molar-refractivity contribution in [1.29, 1.82) is 0 Å². The first-order valence-corrected chi connectivity index (χ1v) is 13.9. The number of carbonyl (C=O) groups is 1. The summed E-state index contributed by atoms with van der Waals surface area (Å²) in [4.78, 5) is 28.5. The lowest BCUT2D eigenvalue weighted by Gasteiger charge is -2.27. The van der Waals surface area contributed by atoms with E-state index in [0.29, 0.717) is 43.5 Å². The number of anilines is 2. The number of aromatic nitrogens is 1. The summed E-state index contributed by atoms with van der Waals surface area (Å²) in [6.07, 6.45) is -4.00. The molecule has 0 bridgehead atoms. The fourth-order valence-corrected chi connectivity index (χ4v) is 6.21. The Hall–Kier alpha value is -3.58. The summed E-state index contributed by atoms with van der Waals surface area (Å²) in [5, 5.41) is 2.45. The number of aromatic amines is 1. The molecule has 9 nitrogen and oxygen atoms in total. The van der Waals surface area contributed by atoms with Gasteiger partial charge in [-0.05, 0) is 55.3 Å². The molecule has 3 aromatic rings. The molecule has 1 aromatic heterocycles. The van der Waals surface area contributed by atoms with Crippen LogP contribution in [0, 0.1) is 0 Å². The second-order valence-corrected chi connectivity index (χ2v) is 11.0. The number of H-pyrrole nitrogens is 1. The van der Waals surface area contributed by atoms with Gasteiger partial charge in [0.15, 0.2) is 0 Å². The highest BCUT2D eigenvalue weighted by Gasteiger charge is 2.34. The SMILES string of the molecule is CCN(CC)S(=O)(=O)c1ccc(NC(=O)OC[C@H]2CCCN2c2ccc3[nH]c(=O)cc(C(F)(F)F)c3c2)cc1. The smallest absolute Gasteiger partial charge is 0.417 e. The van der Waals surface area contributed by atoms with E-state index in [4.69, 9.17) is 4.74 Å². The van der Waals surface area contributed by atoms with Crippen molar-refractivity contribution in [1.82, 2.24) is 9.29 Å². The summed E-state index contributed by atoms with van der Waals surface area (Å²) in [5.41, 5.74) is -0.881. The van der Waals surface area contributed by atoms with Gasteiger partial charge in [-0.25, -0.2) is 13.2 Å². The first-order valence-electron chi connectivity index (χ1n) is 12.5. The molecule has 2 N–H and O–H groups in total. The number of sulfonamides is 1. The summed E-state index contributed by atoms with van der Waals surface area (Å²) in [6.45, 7) is 4.74. The third-order valence-corrected chi connectivity index (χ3v) is 8.76. The van der Waals surface area contributed by atoms with Crippen molar-refractivity contribution < 1.29 is 31.1 Å². The van der Waals surface area contributed by atoms with Gasteiger partial charge < -0.3 is 14.6 Å². The van der Waals surface area contributed by atoms with E-state index in [9.17, 15) is 31.2 Å². The molecular formula is C26H29F3N4O5S. The van der Waals surface area contributed by atoms with Gasteiger partial charge in [0.05, 0.1) is 16.5 Å². The molecule has 1 aliphatic rings. The number of hydrogen-bond donors (Lipinski definition) is 2. The molecule has 2 heterocycles. The molecule has 1 fully saturated rings. The van der Waals surface area contributed by atoms with Crippen LogP contribution >= 0.6 is 0 Å². The minimum Gasteiger partial charge on any atom is -0.447 e. The van der Waals surface area contributed by atoms with E-state index in [1.807, 2.05) is 4.90 Å². The highest BCUT2D eigenvalue weighted by atomic mass is 32.2. The maximum Gasteiger partial charge on any atom is 0.417 e. The Morgan fingerprint density at radius 3 is 2.46 bits per heavy atom. The number of alkyl halides is 3. The number of hydrogen-bond acceptors (Lipinski definition) is 6. The summed E-state index contributed by atoms with van der Waals surface area (Å²) >= 11 is 0. The lowest BCUT2D eigenvalue weighted by atomic mass is 10.1. The number of halogens is 3. The minimum atomic E-state index is -4.69. The molecule has 210 valence electrons. The molecule has 13 heteroatoms. The van der Waals surface area contributed by atoms with E-state index < -0.39 is 33.4 Å². The lowest BCUT2D eigenvalue weighted by Crippen LogP contribution is -2.34. The average Bonchev–Trinajstić information content (AvgIpc) is 3.36. The fraction of sp³-hybridized carbons (Fsp3) is 0.385. The minimum absolute atomic E-state index is 0.00392. The highest BCUT2D eigenvalue weighted by molar-refractivity contribution is 7.89. The van der Waals surface area contributed by atoms with Crippen LogP contribution in [0.25, 0.3) is 10.9 Å². The predicted octanol–water partition coefficient (Wildman–Crippen LogP) is 4.79. The Morgan fingerprint density at radius 1 is 1.13 bits per heavy atom. The normalized spacial score (nSPS) is 16.2. The maximum atomic E-state index is 13.6. The van der Waals surface area contributed by atoms with Gasteiger partial charge in [-0.1, -0.05) is 13.8 Å². The molecule has 4 rings (SSSR count). The van der Waals surface area contributed by atoms with Crippen molar-refractivity contribution in [3.05, 3.63) is 64.4 Å². The van der Waals surface area contributed by atoms with Gasteiger partial charge in [-0.15, -0.1) is 0 Å². The van der Waals surface area contributed by atoms with Gasteiger partial charge in [0.25, 0.3) is 0 Å². The number of nitrogens with zero attached hydrogens (tertiary/aromatic N) is 2. The van der Waals surface area contributed by atoms with Crippen LogP contribution in [0.15, 0.2) is 58.2 Å². The largest absolute Gasteiger partial charge is 0.447 e. The first kappa shape index (κ1) is 28.4. The Kier molecular flexibility index (Phi) is 8.21. The van der Waals surface area contributed by atoms with Crippen molar-refractivity contribution in [2.75, 3.05) is 36.5 Å². The van der Waals surface area contributed by atoms with E-state index in [0.717, 1.165) is 6.42 Å². The molecule has 0 spiro atoms. The lowest BCUT2D eigenvalue weighted by molar-refractivity contribution is -0.136. The van der Waals surface area contributed by atoms with Crippen LogP contribution in [-0.4, -0.2) is 56.1 Å². The molecule has 39 heavy (non-hydrogen) atoms. The van der Waals surface area contributed by atoms with Gasteiger partial charge in [0.2, 0.25) is 15.6 Å². The molecule has 1 aliphatic heterocycles. The summed E-state index contributed by atoms with van der Waals surface area (Å²) in [7, 11) is -3.62. The van der Waals surface area contributed by atoms with Gasteiger partial charge >= 0.3 is 12.3 Å². The zero-order valence-electron chi connectivity index (χ0n) is 21.4. The monoisotopic (exact) mass is 566 g/mol. The molecule has 1 saturated heterocycles. The molecule has 0 saturated carbocycles. The van der Waals surface area contributed by atoms with Gasteiger partial charge in [-0.3, -0.25) is 10.1 Å². The van der Waals surface area contributed by atoms with Crippen LogP contribution < -0.4 is 15.8 Å². The van der Waals surface area contributed by atoms with Crippen LogP contribution in [0.3, 0.4) is 0 Å². The van der Waals surface area contributed by atoms with E-state index in [2.05, 4.69) is 10.3 Å². The second-order valence-electron chi connectivity index (χ2n) is 9.10. The molecule has 0 aliphatic carbocycles. The topological polar surface area (TPSA) is 112 Å². The molecule has 0 unspecified atom stereocenters. The molecule has 1 amide bonds. The van der Waals surface area contributed by atoms with Crippen LogP contribution in [0.1, 0.15) is 32.3 Å². The van der Waals surface area contributed by atoms with Crippen molar-refractivity contribution in [3.63, 3.8) is 0 Å². The van der Waals surface area contributed by atoms with Crippen LogP contribution in [0.2, 0.25) is 0 Å². The number of nitrogens with one attached hydrogen (secondary N) is 2. The van der Waals surface area contributed by atoms with Crippen LogP contribution in [0.4, 0.5) is 29.3 Å². The van der Waals surface area contributed by atoms with Crippen molar-refractivity contribution in [3.8, 4) is 0 Å². The summed E-state index contributed by atoms with van der Waals surface area (Å²) < 4.78 is 72.6. The average molecular weight is 567 g/mol. The van der Waals surface area contributed by atoms with E-state index in [-0.39, 0.29) is 28.4 Å². The molecular weight excluding hydrogens is 537 g/mol. The molecule has 1 atom stereocenters. The highest BCUT2D eigenvalue weighted by Crippen LogP contribution is 2.36.